The predicted octanol–water partition coefficient (Wildman–Crippen LogP) is 5.32. The molecule has 0 aliphatic carbocycles. The summed E-state index contributed by atoms with van der Waals surface area (Å²) < 4.78 is 0. The average molecular weight is 251 g/mol. The molecule has 0 saturated carbocycles. The van der Waals surface area contributed by atoms with E-state index in [-0.39, 0.29) is 0 Å². The summed E-state index contributed by atoms with van der Waals surface area (Å²) in [6, 6.07) is 12.6. The van der Waals surface area contributed by atoms with Gasteiger partial charge in [-0.15, -0.1) is 0 Å². The molecule has 2 nitrogen and oxygen atoms in total. The number of nitrogens with one attached hydrogen (secondary N) is 1. The van der Waals surface area contributed by atoms with Gasteiger partial charge in [-0.25, -0.2) is 5.53 Å². The number of nitrogens with zero attached hydrogens (tertiary/aromatic N) is 1. The van der Waals surface area contributed by atoms with Crippen LogP contribution in [0.5, 0.6) is 0 Å². The zero-order valence-corrected chi connectivity index (χ0v) is 9.76. The van der Waals surface area contributed by atoms with Gasteiger partial charge in [-0.2, -0.15) is 5.11 Å². The summed E-state index contributed by atoms with van der Waals surface area (Å²) in [4.78, 5) is 0. The maximum Gasteiger partial charge on any atom is 0.0929 e. The normalized spacial score (nSPS) is 10.1. The molecule has 0 saturated heterocycles. The lowest BCUT2D eigenvalue weighted by molar-refractivity contribution is 1.15. The van der Waals surface area contributed by atoms with E-state index in [4.69, 9.17) is 28.7 Å². The van der Waals surface area contributed by atoms with Gasteiger partial charge in [0.2, 0.25) is 0 Å². The van der Waals surface area contributed by atoms with Gasteiger partial charge in [0, 0.05) is 15.6 Å². The minimum atomic E-state index is 0.576. The number of halogens is 2. The Morgan fingerprint density at radius 1 is 0.938 bits per heavy atom. The first kappa shape index (κ1) is 11.1. The van der Waals surface area contributed by atoms with Gasteiger partial charge >= 0.3 is 0 Å². The van der Waals surface area contributed by atoms with Crippen LogP contribution in [0.4, 0.5) is 5.69 Å². The lowest BCUT2D eigenvalue weighted by atomic mass is 10.0. The van der Waals surface area contributed by atoms with E-state index in [0.29, 0.717) is 15.7 Å². The largest absolute Gasteiger partial charge is 0.204 e. The van der Waals surface area contributed by atoms with Gasteiger partial charge in [-0.3, -0.25) is 0 Å². The van der Waals surface area contributed by atoms with Gasteiger partial charge < -0.3 is 0 Å². The van der Waals surface area contributed by atoms with E-state index in [1.54, 1.807) is 24.3 Å². The average Bonchev–Trinajstić information content (AvgIpc) is 2.29. The van der Waals surface area contributed by atoms with Crippen molar-refractivity contribution in [3.05, 3.63) is 52.5 Å². The van der Waals surface area contributed by atoms with Gasteiger partial charge in [-0.05, 0) is 35.9 Å². The highest BCUT2D eigenvalue weighted by Crippen LogP contribution is 2.33. The third-order valence-electron chi connectivity index (χ3n) is 2.21. The summed E-state index contributed by atoms with van der Waals surface area (Å²) in [5.41, 5.74) is 9.40. The monoisotopic (exact) mass is 250 g/mol. The van der Waals surface area contributed by atoms with Crippen molar-refractivity contribution in [2.75, 3.05) is 0 Å². The molecule has 0 heterocycles. The number of hydrogen-bond donors (Lipinski definition) is 1. The van der Waals surface area contributed by atoms with Gasteiger partial charge in [0.1, 0.15) is 0 Å². The van der Waals surface area contributed by atoms with Crippen molar-refractivity contribution in [3.63, 3.8) is 0 Å². The molecular formula is C12H8Cl2N2. The van der Waals surface area contributed by atoms with Gasteiger partial charge in [0.05, 0.1) is 5.69 Å². The van der Waals surface area contributed by atoms with E-state index in [9.17, 15) is 0 Å². The summed E-state index contributed by atoms with van der Waals surface area (Å²) in [5.74, 6) is 0. The van der Waals surface area contributed by atoms with Gasteiger partial charge in [-0.1, -0.05) is 35.3 Å². The molecule has 4 heteroatoms. The highest BCUT2D eigenvalue weighted by molar-refractivity contribution is 6.31. The second kappa shape index (κ2) is 4.64. The topological polar surface area (TPSA) is 36.2 Å². The Morgan fingerprint density at radius 2 is 1.69 bits per heavy atom. The van der Waals surface area contributed by atoms with Crippen LogP contribution in [0.3, 0.4) is 0 Å². The summed E-state index contributed by atoms with van der Waals surface area (Å²) >= 11 is 11.8. The molecule has 16 heavy (non-hydrogen) atoms. The first-order valence-electron chi connectivity index (χ1n) is 4.63. The van der Waals surface area contributed by atoms with E-state index in [2.05, 4.69) is 5.11 Å². The van der Waals surface area contributed by atoms with Crippen molar-refractivity contribution < 1.29 is 0 Å². The molecule has 2 rings (SSSR count). The molecule has 80 valence electrons. The molecule has 0 bridgehead atoms. The Hall–Kier alpha value is -1.38. The molecule has 0 fully saturated rings. The highest BCUT2D eigenvalue weighted by Gasteiger charge is 2.05. The molecule has 0 amide bonds. The lowest BCUT2D eigenvalue weighted by Crippen LogP contribution is -1.79. The van der Waals surface area contributed by atoms with E-state index >= 15 is 0 Å². The van der Waals surface area contributed by atoms with E-state index in [1.807, 2.05) is 18.2 Å². The fourth-order valence-corrected chi connectivity index (χ4v) is 1.86. The number of rotatable bonds is 2. The molecule has 1 N–H and O–H groups in total. The fraction of sp³-hybridized carbons (Fsp3) is 0. The van der Waals surface area contributed by atoms with Crippen molar-refractivity contribution in [3.8, 4) is 11.1 Å². The molecule has 0 aliphatic rings. The Labute approximate surface area is 103 Å². The van der Waals surface area contributed by atoms with Crippen LogP contribution in [-0.4, -0.2) is 0 Å². The van der Waals surface area contributed by atoms with Crippen LogP contribution in [-0.2, 0) is 0 Å². The zero-order valence-electron chi connectivity index (χ0n) is 8.24. The quantitative estimate of drug-likeness (QED) is 0.701. The van der Waals surface area contributed by atoms with Gasteiger partial charge in [0.25, 0.3) is 0 Å². The summed E-state index contributed by atoms with van der Waals surface area (Å²) in [7, 11) is 0. The van der Waals surface area contributed by atoms with Crippen LogP contribution in [0.1, 0.15) is 0 Å². The molecule has 0 unspecified atom stereocenters. The van der Waals surface area contributed by atoms with Crippen molar-refractivity contribution in [1.29, 1.82) is 5.53 Å². The summed E-state index contributed by atoms with van der Waals surface area (Å²) in [6.07, 6.45) is 0. The molecule has 0 radical (unpaired) electrons. The van der Waals surface area contributed by atoms with E-state index < -0.39 is 0 Å². The van der Waals surface area contributed by atoms with Gasteiger partial charge in [0.15, 0.2) is 0 Å². The molecule has 0 atom stereocenters. The van der Waals surface area contributed by atoms with Crippen molar-refractivity contribution in [1.82, 2.24) is 0 Å². The van der Waals surface area contributed by atoms with Crippen molar-refractivity contribution in [2.24, 2.45) is 5.11 Å². The molecule has 2 aromatic carbocycles. The highest BCUT2D eigenvalue weighted by atomic mass is 35.5. The fourth-order valence-electron chi connectivity index (χ4n) is 1.49. The third kappa shape index (κ3) is 2.23. The SMILES string of the molecule is N=Nc1ccc(Cl)cc1-c1cccc(Cl)c1. The third-order valence-corrected chi connectivity index (χ3v) is 2.68. The molecule has 2 aromatic rings. The Morgan fingerprint density at radius 3 is 2.38 bits per heavy atom. The second-order valence-corrected chi connectivity index (χ2v) is 4.16. The summed E-state index contributed by atoms with van der Waals surface area (Å²) in [5, 5.41) is 4.73. The Bertz CT molecular complexity index is 538. The van der Waals surface area contributed by atoms with Crippen LogP contribution in [0.25, 0.3) is 11.1 Å². The minimum Gasteiger partial charge on any atom is -0.204 e. The molecule has 0 aliphatic heterocycles. The van der Waals surface area contributed by atoms with Crippen LogP contribution >= 0.6 is 23.2 Å². The first-order valence-corrected chi connectivity index (χ1v) is 5.39. The maximum atomic E-state index is 7.11. The molecule has 0 aromatic heterocycles. The Kier molecular flexibility index (Phi) is 3.22. The molecular weight excluding hydrogens is 243 g/mol. The van der Waals surface area contributed by atoms with Crippen molar-refractivity contribution >= 4 is 28.9 Å². The van der Waals surface area contributed by atoms with E-state index in [0.717, 1.165) is 11.1 Å². The zero-order chi connectivity index (χ0) is 11.5. The minimum absolute atomic E-state index is 0.576. The van der Waals surface area contributed by atoms with Crippen molar-refractivity contribution in [2.45, 2.75) is 0 Å². The second-order valence-electron chi connectivity index (χ2n) is 3.28. The number of hydrogen-bond acceptors (Lipinski definition) is 2. The maximum absolute atomic E-state index is 7.11. The van der Waals surface area contributed by atoms with Crippen LogP contribution < -0.4 is 0 Å². The standard InChI is InChI=1S/C12H8Cl2N2/c13-9-3-1-2-8(6-9)11-7-10(14)4-5-12(11)16-15/h1-7,15H. The number of benzene rings is 2. The summed E-state index contributed by atoms with van der Waals surface area (Å²) in [6.45, 7) is 0. The molecule has 0 spiro atoms. The van der Waals surface area contributed by atoms with Crippen LogP contribution in [0.2, 0.25) is 10.0 Å². The first-order chi connectivity index (χ1) is 7.70. The lowest BCUT2D eigenvalue weighted by Gasteiger charge is -2.05. The Balaban J connectivity index is 2.62. The van der Waals surface area contributed by atoms with Crippen LogP contribution in [0, 0.1) is 5.53 Å². The predicted molar refractivity (Wildman–Crippen MR) is 66.7 cm³/mol. The van der Waals surface area contributed by atoms with Crippen LogP contribution in [0.15, 0.2) is 47.6 Å². The van der Waals surface area contributed by atoms with E-state index in [1.165, 1.54) is 0 Å². The smallest absolute Gasteiger partial charge is 0.0929 e.